The molecule has 1 saturated carbocycles. The van der Waals surface area contributed by atoms with Crippen molar-refractivity contribution >= 4 is 17.2 Å². The number of fused-ring (bicyclic) bond motifs is 1. The van der Waals surface area contributed by atoms with Gasteiger partial charge in [0.2, 0.25) is 0 Å². The van der Waals surface area contributed by atoms with Gasteiger partial charge >= 0.3 is 0 Å². The van der Waals surface area contributed by atoms with E-state index in [2.05, 4.69) is 11.4 Å². The zero-order chi connectivity index (χ0) is 9.54. The van der Waals surface area contributed by atoms with Gasteiger partial charge in [-0.2, -0.15) is 0 Å². The summed E-state index contributed by atoms with van der Waals surface area (Å²) in [7, 11) is 0. The first-order valence-corrected chi connectivity index (χ1v) is 6.07. The molecule has 2 nitrogen and oxygen atoms in total. The molecule has 1 N–H and O–H groups in total. The van der Waals surface area contributed by atoms with Gasteiger partial charge in [0.1, 0.15) is 0 Å². The van der Waals surface area contributed by atoms with Crippen LogP contribution in [0.1, 0.15) is 39.4 Å². The summed E-state index contributed by atoms with van der Waals surface area (Å²) in [4.78, 5) is 14.1. The first-order valence-electron chi connectivity index (χ1n) is 5.25. The number of hydrogen-bond acceptors (Lipinski definition) is 2. The molecule has 2 aliphatic carbocycles. The van der Waals surface area contributed by atoms with Gasteiger partial charge < -0.3 is 5.32 Å². The third-order valence-corrected chi connectivity index (χ3v) is 4.12. The van der Waals surface area contributed by atoms with Crippen molar-refractivity contribution in [2.75, 3.05) is 0 Å². The monoisotopic (exact) mass is 207 g/mol. The average molecular weight is 207 g/mol. The van der Waals surface area contributed by atoms with E-state index in [1.165, 1.54) is 29.7 Å². The fourth-order valence-corrected chi connectivity index (χ4v) is 3.08. The van der Waals surface area contributed by atoms with E-state index in [0.717, 1.165) is 17.7 Å². The molecule has 1 aromatic rings. The van der Waals surface area contributed by atoms with E-state index < -0.39 is 0 Å². The van der Waals surface area contributed by atoms with Crippen molar-refractivity contribution < 1.29 is 4.79 Å². The molecule has 1 fully saturated rings. The topological polar surface area (TPSA) is 29.1 Å². The molecule has 0 aromatic carbocycles. The van der Waals surface area contributed by atoms with E-state index in [-0.39, 0.29) is 5.91 Å². The molecule has 0 saturated heterocycles. The lowest BCUT2D eigenvalue weighted by molar-refractivity contribution is 0.0955. The van der Waals surface area contributed by atoms with E-state index in [1.807, 2.05) is 0 Å². The Bertz CT molecular complexity index is 357. The molecule has 0 bridgehead atoms. The average Bonchev–Trinajstić information content (AvgIpc) is 2.73. The van der Waals surface area contributed by atoms with Crippen LogP contribution in [0.5, 0.6) is 0 Å². The molecular formula is C11H13NOS. The molecule has 2 aliphatic rings. The second kappa shape index (κ2) is 3.09. The van der Waals surface area contributed by atoms with Crippen molar-refractivity contribution in [1.82, 2.24) is 5.32 Å². The maximum absolute atomic E-state index is 11.7. The lowest BCUT2D eigenvalue weighted by Gasteiger charge is -1.99. The lowest BCUT2D eigenvalue weighted by Crippen LogP contribution is -2.24. The highest BCUT2D eigenvalue weighted by Crippen LogP contribution is 2.31. The lowest BCUT2D eigenvalue weighted by atomic mass is 10.2. The Morgan fingerprint density at radius 3 is 3.00 bits per heavy atom. The van der Waals surface area contributed by atoms with E-state index in [0.29, 0.717) is 6.04 Å². The smallest absolute Gasteiger partial charge is 0.261 e. The highest BCUT2D eigenvalue weighted by molar-refractivity contribution is 7.14. The third kappa shape index (κ3) is 1.46. The number of nitrogens with one attached hydrogen (secondary N) is 1. The fourth-order valence-electron chi connectivity index (χ4n) is 1.93. The van der Waals surface area contributed by atoms with Crippen LogP contribution in [-0.4, -0.2) is 11.9 Å². The number of hydrogen-bond donors (Lipinski definition) is 1. The highest BCUT2D eigenvalue weighted by atomic mass is 32.1. The van der Waals surface area contributed by atoms with Gasteiger partial charge in [0.05, 0.1) is 4.88 Å². The van der Waals surface area contributed by atoms with Crippen LogP contribution in [0.2, 0.25) is 0 Å². The highest BCUT2D eigenvalue weighted by Gasteiger charge is 2.25. The fraction of sp³-hybridized carbons (Fsp3) is 0.545. The Balaban J connectivity index is 1.78. The van der Waals surface area contributed by atoms with E-state index in [9.17, 15) is 4.79 Å². The van der Waals surface area contributed by atoms with E-state index in [4.69, 9.17) is 0 Å². The molecule has 14 heavy (non-hydrogen) atoms. The zero-order valence-corrected chi connectivity index (χ0v) is 8.82. The SMILES string of the molecule is O=C(NC1CC1)c1cc2c(s1)CCC2. The Labute approximate surface area is 87.3 Å². The van der Waals surface area contributed by atoms with Crippen LogP contribution < -0.4 is 5.32 Å². The third-order valence-electron chi connectivity index (χ3n) is 2.88. The summed E-state index contributed by atoms with van der Waals surface area (Å²) in [6.07, 6.45) is 5.94. The van der Waals surface area contributed by atoms with Crippen LogP contribution in [-0.2, 0) is 12.8 Å². The summed E-state index contributed by atoms with van der Waals surface area (Å²) in [5, 5.41) is 3.03. The van der Waals surface area contributed by atoms with Crippen molar-refractivity contribution in [2.45, 2.75) is 38.1 Å². The molecule has 1 heterocycles. The van der Waals surface area contributed by atoms with Gasteiger partial charge in [0.15, 0.2) is 0 Å². The largest absolute Gasteiger partial charge is 0.349 e. The first-order chi connectivity index (χ1) is 6.83. The minimum Gasteiger partial charge on any atom is -0.349 e. The predicted octanol–water partition coefficient (Wildman–Crippen LogP) is 2.13. The summed E-state index contributed by atoms with van der Waals surface area (Å²) in [6, 6.07) is 2.56. The molecule has 0 radical (unpaired) electrons. The van der Waals surface area contributed by atoms with Crippen LogP contribution in [0.4, 0.5) is 0 Å². The van der Waals surface area contributed by atoms with Crippen LogP contribution in [0.25, 0.3) is 0 Å². The van der Waals surface area contributed by atoms with Crippen LogP contribution in [0.15, 0.2) is 6.07 Å². The van der Waals surface area contributed by atoms with Crippen molar-refractivity contribution in [3.63, 3.8) is 0 Å². The van der Waals surface area contributed by atoms with Crippen LogP contribution in [0.3, 0.4) is 0 Å². The van der Waals surface area contributed by atoms with Gasteiger partial charge in [-0.1, -0.05) is 0 Å². The van der Waals surface area contributed by atoms with Gasteiger partial charge in [-0.25, -0.2) is 0 Å². The van der Waals surface area contributed by atoms with E-state index >= 15 is 0 Å². The number of carbonyl (C=O) groups is 1. The van der Waals surface area contributed by atoms with Crippen LogP contribution in [0, 0.1) is 0 Å². The maximum atomic E-state index is 11.7. The Hall–Kier alpha value is -0.830. The molecule has 0 aliphatic heterocycles. The normalized spacial score (nSPS) is 19.4. The number of thiophene rings is 1. The number of rotatable bonds is 2. The summed E-state index contributed by atoms with van der Waals surface area (Å²) in [6.45, 7) is 0. The van der Waals surface area contributed by atoms with Gasteiger partial charge in [-0.3, -0.25) is 4.79 Å². The van der Waals surface area contributed by atoms with Gasteiger partial charge in [0.25, 0.3) is 5.91 Å². The quantitative estimate of drug-likeness (QED) is 0.791. The second-order valence-corrected chi connectivity index (χ2v) is 5.30. The minimum absolute atomic E-state index is 0.145. The minimum atomic E-state index is 0.145. The first kappa shape index (κ1) is 8.48. The van der Waals surface area contributed by atoms with Gasteiger partial charge in [-0.05, 0) is 43.7 Å². The van der Waals surface area contributed by atoms with E-state index in [1.54, 1.807) is 11.3 Å². The van der Waals surface area contributed by atoms with Gasteiger partial charge in [-0.15, -0.1) is 11.3 Å². The zero-order valence-electron chi connectivity index (χ0n) is 8.01. The second-order valence-electron chi connectivity index (χ2n) is 4.16. The number of amides is 1. The van der Waals surface area contributed by atoms with Gasteiger partial charge in [0, 0.05) is 10.9 Å². The summed E-state index contributed by atoms with van der Waals surface area (Å²) < 4.78 is 0. The summed E-state index contributed by atoms with van der Waals surface area (Å²) in [5.74, 6) is 0.145. The molecule has 1 aromatic heterocycles. The standard InChI is InChI=1S/C11H13NOS/c13-11(12-8-4-5-8)10-6-7-2-1-3-9(7)14-10/h6,8H,1-5H2,(H,12,13). The van der Waals surface area contributed by atoms with Crippen molar-refractivity contribution in [2.24, 2.45) is 0 Å². The molecule has 74 valence electrons. The molecule has 0 atom stereocenters. The molecule has 3 heteroatoms. The molecule has 1 amide bonds. The van der Waals surface area contributed by atoms with Crippen molar-refractivity contribution in [1.29, 1.82) is 0 Å². The Morgan fingerprint density at radius 2 is 2.29 bits per heavy atom. The number of carbonyl (C=O) groups excluding carboxylic acids is 1. The number of aryl methyl sites for hydroxylation is 2. The summed E-state index contributed by atoms with van der Waals surface area (Å²) in [5.41, 5.74) is 1.41. The Kier molecular flexibility index (Phi) is 1.87. The predicted molar refractivity (Wildman–Crippen MR) is 56.8 cm³/mol. The molecular weight excluding hydrogens is 194 g/mol. The molecule has 0 unspecified atom stereocenters. The molecule has 0 spiro atoms. The Morgan fingerprint density at radius 1 is 1.43 bits per heavy atom. The summed E-state index contributed by atoms with van der Waals surface area (Å²) >= 11 is 1.69. The van der Waals surface area contributed by atoms with Crippen LogP contribution >= 0.6 is 11.3 Å². The van der Waals surface area contributed by atoms with Crippen molar-refractivity contribution in [3.8, 4) is 0 Å². The maximum Gasteiger partial charge on any atom is 0.261 e. The van der Waals surface area contributed by atoms with Crippen molar-refractivity contribution in [3.05, 3.63) is 21.4 Å². The molecule has 3 rings (SSSR count).